The average Bonchev–Trinajstić information content (AvgIpc) is 3.36. The Hall–Kier alpha value is -4.13. The summed E-state index contributed by atoms with van der Waals surface area (Å²) in [6, 6.07) is 47.0. The molecule has 0 N–H and O–H groups in total. The van der Waals surface area contributed by atoms with Crippen LogP contribution in [0.25, 0.3) is 33.6 Å². The minimum Gasteiger partial charge on any atom is -0.305 e. The second kappa shape index (κ2) is 11.9. The average molecular weight is 778 g/mol. The molecule has 2 heterocycles. The number of aromatic nitrogens is 2. The molecule has 230 valence electrons. The van der Waals surface area contributed by atoms with E-state index in [1.807, 2.05) is 24.5 Å². The predicted octanol–water partition coefficient (Wildman–Crippen LogP) is 10.4. The minimum absolute atomic E-state index is 0. The van der Waals surface area contributed by atoms with E-state index in [1.165, 1.54) is 33.4 Å². The van der Waals surface area contributed by atoms with Crippen LogP contribution >= 0.6 is 0 Å². The van der Waals surface area contributed by atoms with Gasteiger partial charge in [0.25, 0.3) is 0 Å². The summed E-state index contributed by atoms with van der Waals surface area (Å²) in [6.07, 6.45) is 3.78. The van der Waals surface area contributed by atoms with E-state index < -0.39 is 5.41 Å². The zero-order chi connectivity index (χ0) is 31.4. The third-order valence-electron chi connectivity index (χ3n) is 9.13. The molecular weight excluding hydrogens is 740 g/mol. The van der Waals surface area contributed by atoms with Gasteiger partial charge in [0.15, 0.2) is 0 Å². The van der Waals surface area contributed by atoms with Crippen molar-refractivity contribution in [3.8, 4) is 33.6 Å². The third kappa shape index (κ3) is 5.37. The first-order chi connectivity index (χ1) is 21.6. The standard InChI is InChI=1S/C43H38N2.Pt/c1-41(2,3)31-21-23-45-40(28-31)30-25-33(42(4,5)6)27-34(26-30)43(32-15-13-14-29(24-32)39-20-11-12-22-44-39)37-18-9-7-16-35(37)36-17-8-10-19-38(36)43;/h7-23,25,27-28H,1-6H3;/q-2;+2. The van der Waals surface area contributed by atoms with E-state index in [1.54, 1.807) is 0 Å². The van der Waals surface area contributed by atoms with E-state index in [0.717, 1.165) is 33.6 Å². The number of benzene rings is 4. The van der Waals surface area contributed by atoms with E-state index in [0.29, 0.717) is 0 Å². The van der Waals surface area contributed by atoms with Crippen LogP contribution in [0.3, 0.4) is 0 Å². The van der Waals surface area contributed by atoms with Crippen molar-refractivity contribution in [1.29, 1.82) is 0 Å². The second-order valence-electron chi connectivity index (χ2n) is 14.2. The molecule has 0 fully saturated rings. The normalized spacial score (nSPS) is 13.4. The maximum absolute atomic E-state index is 4.90. The molecule has 0 bridgehead atoms. The molecule has 0 radical (unpaired) electrons. The maximum atomic E-state index is 4.90. The molecule has 0 atom stereocenters. The predicted molar refractivity (Wildman–Crippen MR) is 185 cm³/mol. The smallest absolute Gasteiger partial charge is 0.305 e. The molecule has 1 aliphatic carbocycles. The molecule has 0 unspecified atom stereocenters. The number of fused-ring (bicyclic) bond motifs is 3. The van der Waals surface area contributed by atoms with Crippen LogP contribution in [0, 0.1) is 12.1 Å². The van der Waals surface area contributed by atoms with Gasteiger partial charge in [-0.05, 0) is 62.2 Å². The summed E-state index contributed by atoms with van der Waals surface area (Å²) >= 11 is 0. The fourth-order valence-electron chi connectivity index (χ4n) is 6.71. The Bertz CT molecular complexity index is 1980. The van der Waals surface area contributed by atoms with Crippen molar-refractivity contribution in [3.05, 3.63) is 167 Å². The van der Waals surface area contributed by atoms with Gasteiger partial charge in [0.2, 0.25) is 0 Å². The molecule has 2 nitrogen and oxygen atoms in total. The van der Waals surface area contributed by atoms with Crippen molar-refractivity contribution in [2.24, 2.45) is 0 Å². The Morgan fingerprint density at radius 3 is 1.74 bits per heavy atom. The zero-order valence-electron chi connectivity index (χ0n) is 27.3. The molecule has 0 aliphatic heterocycles. The van der Waals surface area contributed by atoms with Crippen LogP contribution in [0.5, 0.6) is 0 Å². The van der Waals surface area contributed by atoms with Crippen molar-refractivity contribution in [2.75, 3.05) is 0 Å². The number of hydrogen-bond donors (Lipinski definition) is 0. The molecule has 0 saturated carbocycles. The summed E-state index contributed by atoms with van der Waals surface area (Å²) < 4.78 is 0. The van der Waals surface area contributed by atoms with Gasteiger partial charge in [-0.25, -0.2) is 0 Å². The summed E-state index contributed by atoms with van der Waals surface area (Å²) in [5.74, 6) is 0. The number of pyridine rings is 2. The van der Waals surface area contributed by atoms with E-state index in [2.05, 4.69) is 156 Å². The van der Waals surface area contributed by atoms with E-state index in [-0.39, 0.29) is 31.9 Å². The van der Waals surface area contributed by atoms with Crippen LogP contribution in [0.2, 0.25) is 0 Å². The summed E-state index contributed by atoms with van der Waals surface area (Å²) in [6.45, 7) is 13.6. The Balaban J connectivity index is 0.00000372. The molecule has 6 aromatic rings. The van der Waals surface area contributed by atoms with Gasteiger partial charge in [-0.15, -0.1) is 70.3 Å². The van der Waals surface area contributed by atoms with Crippen LogP contribution in [0.15, 0.2) is 122 Å². The van der Waals surface area contributed by atoms with Gasteiger partial charge in [-0.2, -0.15) is 0 Å². The summed E-state index contributed by atoms with van der Waals surface area (Å²) in [5, 5.41) is 0. The van der Waals surface area contributed by atoms with E-state index in [4.69, 9.17) is 4.98 Å². The van der Waals surface area contributed by atoms with Gasteiger partial charge in [0.1, 0.15) is 0 Å². The second-order valence-corrected chi connectivity index (χ2v) is 14.2. The van der Waals surface area contributed by atoms with Crippen LogP contribution < -0.4 is 0 Å². The quantitative estimate of drug-likeness (QED) is 0.166. The van der Waals surface area contributed by atoms with Crippen molar-refractivity contribution < 1.29 is 21.1 Å². The summed E-state index contributed by atoms with van der Waals surface area (Å²) in [7, 11) is 0. The minimum atomic E-state index is -0.643. The van der Waals surface area contributed by atoms with Gasteiger partial charge in [-0.3, -0.25) is 0 Å². The Kier molecular flexibility index (Phi) is 8.24. The molecule has 7 rings (SSSR count). The number of rotatable bonds is 4. The molecule has 2 aromatic heterocycles. The first-order valence-corrected chi connectivity index (χ1v) is 15.8. The van der Waals surface area contributed by atoms with Crippen LogP contribution in [0.1, 0.15) is 74.9 Å². The molecule has 3 heteroatoms. The fraction of sp³-hybridized carbons (Fsp3) is 0.209. The third-order valence-corrected chi connectivity index (χ3v) is 9.13. The zero-order valence-corrected chi connectivity index (χ0v) is 29.5. The Morgan fingerprint density at radius 1 is 0.500 bits per heavy atom. The van der Waals surface area contributed by atoms with Crippen molar-refractivity contribution >= 4 is 0 Å². The van der Waals surface area contributed by atoms with Crippen LogP contribution in [-0.4, -0.2) is 9.97 Å². The topological polar surface area (TPSA) is 25.8 Å². The summed E-state index contributed by atoms with van der Waals surface area (Å²) in [5.41, 5.74) is 12.7. The van der Waals surface area contributed by atoms with Crippen molar-refractivity contribution in [2.45, 2.75) is 57.8 Å². The number of nitrogens with zero attached hydrogens (tertiary/aromatic N) is 2. The molecule has 1 aliphatic rings. The SMILES string of the molecule is CC(C)(C)c1cc(-c2cc(C(C)(C)C)ccn2)[c-]c(C2(c3[c-]c(-c4ccccn4)ccc3)c3ccccc3-c3ccccc32)c1.[Pt+2]. The van der Waals surface area contributed by atoms with Crippen LogP contribution in [0.4, 0.5) is 0 Å². The summed E-state index contributed by atoms with van der Waals surface area (Å²) in [4.78, 5) is 9.59. The van der Waals surface area contributed by atoms with Crippen molar-refractivity contribution in [3.63, 3.8) is 0 Å². The molecule has 0 spiro atoms. The van der Waals surface area contributed by atoms with Crippen LogP contribution in [-0.2, 0) is 37.3 Å². The molecular formula is C43H38N2Pt. The van der Waals surface area contributed by atoms with Gasteiger partial charge in [0.05, 0.1) is 0 Å². The van der Waals surface area contributed by atoms with Crippen molar-refractivity contribution in [1.82, 2.24) is 9.97 Å². The van der Waals surface area contributed by atoms with Gasteiger partial charge in [0, 0.05) is 17.8 Å². The fourth-order valence-corrected chi connectivity index (χ4v) is 6.71. The Labute approximate surface area is 288 Å². The Morgan fingerprint density at radius 2 is 1.11 bits per heavy atom. The maximum Gasteiger partial charge on any atom is 2.00 e. The molecule has 46 heavy (non-hydrogen) atoms. The van der Waals surface area contributed by atoms with Gasteiger partial charge >= 0.3 is 21.1 Å². The molecule has 4 aromatic carbocycles. The number of hydrogen-bond acceptors (Lipinski definition) is 2. The van der Waals surface area contributed by atoms with E-state index in [9.17, 15) is 0 Å². The molecule has 0 amide bonds. The first-order valence-electron chi connectivity index (χ1n) is 15.8. The monoisotopic (exact) mass is 777 g/mol. The van der Waals surface area contributed by atoms with Gasteiger partial charge < -0.3 is 9.97 Å². The van der Waals surface area contributed by atoms with Gasteiger partial charge in [-0.1, -0.05) is 108 Å². The van der Waals surface area contributed by atoms with E-state index >= 15 is 0 Å². The molecule has 0 saturated heterocycles. The largest absolute Gasteiger partial charge is 2.00 e. The first kappa shape index (κ1) is 31.8.